The molecule has 0 spiro atoms. The largest absolute Gasteiger partial charge is 0.480 e. The van der Waals surface area contributed by atoms with Gasteiger partial charge in [-0.3, -0.25) is 4.90 Å². The van der Waals surface area contributed by atoms with Crippen molar-refractivity contribution in [2.45, 2.75) is 45.8 Å². The molecule has 0 aliphatic carbocycles. The average Bonchev–Trinajstić information content (AvgIpc) is 2.01. The molecule has 0 aromatic rings. The van der Waals surface area contributed by atoms with E-state index < -0.39 is 23.7 Å². The molecule has 0 aliphatic rings. The molecular weight excluding hydrogens is 198 g/mol. The van der Waals surface area contributed by atoms with E-state index in [1.807, 2.05) is 0 Å². The van der Waals surface area contributed by atoms with Gasteiger partial charge in [-0.05, 0) is 27.2 Å². The summed E-state index contributed by atoms with van der Waals surface area (Å²) in [6.45, 7) is 6.92. The lowest BCUT2D eigenvalue weighted by Crippen LogP contribution is -2.44. The van der Waals surface area contributed by atoms with Crippen LogP contribution in [0.2, 0.25) is 0 Å². The van der Waals surface area contributed by atoms with Gasteiger partial charge in [-0.1, -0.05) is 6.92 Å². The third-order valence-electron chi connectivity index (χ3n) is 1.82. The van der Waals surface area contributed by atoms with Gasteiger partial charge in [-0.15, -0.1) is 0 Å². The molecular formula is C10H19NO4. The van der Waals surface area contributed by atoms with E-state index in [0.717, 1.165) is 4.90 Å². The van der Waals surface area contributed by atoms with E-state index in [2.05, 4.69) is 0 Å². The Kier molecular flexibility index (Phi) is 4.58. The molecule has 1 N–H and O–H groups in total. The van der Waals surface area contributed by atoms with Crippen molar-refractivity contribution in [2.24, 2.45) is 0 Å². The third kappa shape index (κ3) is 4.67. The molecule has 0 heterocycles. The smallest absolute Gasteiger partial charge is 0.410 e. The molecule has 0 aromatic carbocycles. The van der Waals surface area contributed by atoms with E-state index in [-0.39, 0.29) is 0 Å². The number of amides is 1. The van der Waals surface area contributed by atoms with Crippen molar-refractivity contribution in [1.82, 2.24) is 4.90 Å². The molecule has 88 valence electrons. The monoisotopic (exact) mass is 217 g/mol. The molecule has 0 bridgehead atoms. The number of carbonyl (C=O) groups excluding carboxylic acids is 1. The molecule has 0 radical (unpaired) electrons. The first-order valence-electron chi connectivity index (χ1n) is 4.87. The standard InChI is InChI=1S/C10H19NO4/c1-6-7(8(12)13)11(5)9(14)15-10(2,3)4/h7H,6H2,1-5H3,(H,12,13)/t7-/m1/s1. The highest BCUT2D eigenvalue weighted by atomic mass is 16.6. The molecule has 1 amide bonds. The Morgan fingerprint density at radius 2 is 1.87 bits per heavy atom. The van der Waals surface area contributed by atoms with Crippen molar-refractivity contribution in [1.29, 1.82) is 0 Å². The summed E-state index contributed by atoms with van der Waals surface area (Å²) in [6.07, 6.45) is -0.262. The Morgan fingerprint density at radius 3 is 2.13 bits per heavy atom. The second-order valence-corrected chi connectivity index (χ2v) is 4.35. The Balaban J connectivity index is 4.49. The summed E-state index contributed by atoms with van der Waals surface area (Å²) < 4.78 is 5.06. The van der Waals surface area contributed by atoms with Gasteiger partial charge in [0.1, 0.15) is 11.6 Å². The minimum Gasteiger partial charge on any atom is -0.480 e. The van der Waals surface area contributed by atoms with Gasteiger partial charge in [0, 0.05) is 7.05 Å². The van der Waals surface area contributed by atoms with Crippen LogP contribution in [0.4, 0.5) is 4.79 Å². The van der Waals surface area contributed by atoms with Gasteiger partial charge in [-0.2, -0.15) is 0 Å². The first kappa shape index (κ1) is 13.7. The Labute approximate surface area is 90.0 Å². The van der Waals surface area contributed by atoms with E-state index in [9.17, 15) is 9.59 Å². The van der Waals surface area contributed by atoms with Crippen molar-refractivity contribution in [3.63, 3.8) is 0 Å². The maximum absolute atomic E-state index is 11.5. The van der Waals surface area contributed by atoms with Crippen molar-refractivity contribution in [2.75, 3.05) is 7.05 Å². The minimum absolute atomic E-state index is 0.352. The number of ether oxygens (including phenoxy) is 1. The first-order valence-corrected chi connectivity index (χ1v) is 4.87. The summed E-state index contributed by atoms with van der Waals surface area (Å²) in [5.41, 5.74) is -0.609. The summed E-state index contributed by atoms with van der Waals surface area (Å²) in [5, 5.41) is 8.84. The topological polar surface area (TPSA) is 66.8 Å². The molecule has 0 aliphatic heterocycles. The summed E-state index contributed by atoms with van der Waals surface area (Å²) in [5.74, 6) is -1.02. The summed E-state index contributed by atoms with van der Waals surface area (Å²) in [7, 11) is 1.43. The number of carboxylic acids is 1. The number of carboxylic acid groups (broad SMARTS) is 1. The minimum atomic E-state index is -1.02. The fourth-order valence-corrected chi connectivity index (χ4v) is 1.08. The number of carbonyl (C=O) groups is 2. The fourth-order valence-electron chi connectivity index (χ4n) is 1.08. The molecule has 0 unspecified atom stereocenters. The number of nitrogens with zero attached hydrogens (tertiary/aromatic N) is 1. The molecule has 0 saturated carbocycles. The number of aliphatic carboxylic acids is 1. The lowest BCUT2D eigenvalue weighted by Gasteiger charge is -2.27. The highest BCUT2D eigenvalue weighted by Crippen LogP contribution is 2.12. The van der Waals surface area contributed by atoms with Gasteiger partial charge >= 0.3 is 12.1 Å². The van der Waals surface area contributed by atoms with Crippen LogP contribution in [0.5, 0.6) is 0 Å². The second kappa shape index (κ2) is 5.00. The van der Waals surface area contributed by atoms with Crippen LogP contribution in [-0.2, 0) is 9.53 Å². The SMILES string of the molecule is CC[C@H](C(=O)O)N(C)C(=O)OC(C)(C)C. The van der Waals surface area contributed by atoms with Crippen molar-refractivity contribution < 1.29 is 19.4 Å². The fraction of sp³-hybridized carbons (Fsp3) is 0.800. The second-order valence-electron chi connectivity index (χ2n) is 4.35. The third-order valence-corrected chi connectivity index (χ3v) is 1.82. The van der Waals surface area contributed by atoms with Crippen LogP contribution in [0.25, 0.3) is 0 Å². The zero-order valence-corrected chi connectivity index (χ0v) is 9.90. The van der Waals surface area contributed by atoms with Gasteiger partial charge in [0.2, 0.25) is 0 Å². The van der Waals surface area contributed by atoms with Gasteiger partial charge in [0.15, 0.2) is 0 Å². The predicted octanol–water partition coefficient (Wildman–Crippen LogP) is 1.72. The molecule has 0 fully saturated rings. The van der Waals surface area contributed by atoms with Gasteiger partial charge < -0.3 is 9.84 Å². The maximum atomic E-state index is 11.5. The molecule has 15 heavy (non-hydrogen) atoms. The summed E-state index contributed by atoms with van der Waals surface area (Å²) >= 11 is 0. The molecule has 1 atom stereocenters. The van der Waals surface area contributed by atoms with E-state index in [4.69, 9.17) is 9.84 Å². The molecule has 0 rings (SSSR count). The highest BCUT2D eigenvalue weighted by Gasteiger charge is 2.28. The maximum Gasteiger partial charge on any atom is 0.410 e. The average molecular weight is 217 g/mol. The van der Waals surface area contributed by atoms with E-state index >= 15 is 0 Å². The van der Waals surface area contributed by atoms with Crippen LogP contribution < -0.4 is 0 Å². The number of hydrogen-bond donors (Lipinski definition) is 1. The lowest BCUT2D eigenvalue weighted by molar-refractivity contribution is -0.142. The lowest BCUT2D eigenvalue weighted by atomic mass is 10.2. The molecule has 5 heteroatoms. The van der Waals surface area contributed by atoms with Gasteiger partial charge in [0.25, 0.3) is 0 Å². The van der Waals surface area contributed by atoms with Crippen LogP contribution in [0.15, 0.2) is 0 Å². The molecule has 5 nitrogen and oxygen atoms in total. The highest BCUT2D eigenvalue weighted by molar-refractivity contribution is 5.79. The zero-order chi connectivity index (χ0) is 12.2. The van der Waals surface area contributed by atoms with E-state index in [1.165, 1.54) is 7.05 Å². The predicted molar refractivity (Wildman–Crippen MR) is 55.7 cm³/mol. The number of likely N-dealkylation sites (N-methyl/N-ethyl adjacent to an activating group) is 1. The Morgan fingerprint density at radius 1 is 1.40 bits per heavy atom. The Bertz CT molecular complexity index is 244. The van der Waals surface area contributed by atoms with Crippen molar-refractivity contribution in [3.8, 4) is 0 Å². The van der Waals surface area contributed by atoms with Crippen molar-refractivity contribution in [3.05, 3.63) is 0 Å². The quantitative estimate of drug-likeness (QED) is 0.781. The van der Waals surface area contributed by atoms with E-state index in [0.29, 0.717) is 6.42 Å². The van der Waals surface area contributed by atoms with Crippen LogP contribution in [0.1, 0.15) is 34.1 Å². The first-order chi connectivity index (χ1) is 6.69. The Hall–Kier alpha value is -1.26. The van der Waals surface area contributed by atoms with Crippen LogP contribution in [0, 0.1) is 0 Å². The summed E-state index contributed by atoms with van der Waals surface area (Å²) in [4.78, 5) is 23.4. The normalized spacial score (nSPS) is 13.1. The van der Waals surface area contributed by atoms with Crippen LogP contribution >= 0.6 is 0 Å². The van der Waals surface area contributed by atoms with Gasteiger partial charge in [-0.25, -0.2) is 9.59 Å². The number of rotatable bonds is 3. The molecule has 0 saturated heterocycles. The van der Waals surface area contributed by atoms with Crippen LogP contribution in [0.3, 0.4) is 0 Å². The van der Waals surface area contributed by atoms with Crippen LogP contribution in [-0.4, -0.2) is 40.8 Å². The van der Waals surface area contributed by atoms with E-state index in [1.54, 1.807) is 27.7 Å². The zero-order valence-electron chi connectivity index (χ0n) is 9.90. The summed E-state index contributed by atoms with van der Waals surface area (Å²) in [6, 6.07) is -0.833. The van der Waals surface area contributed by atoms with Gasteiger partial charge in [0.05, 0.1) is 0 Å². The molecule has 0 aromatic heterocycles. The van der Waals surface area contributed by atoms with Crippen molar-refractivity contribution >= 4 is 12.1 Å². The number of hydrogen-bond acceptors (Lipinski definition) is 3.